The van der Waals surface area contributed by atoms with Gasteiger partial charge in [-0.25, -0.2) is 14.4 Å². The highest BCUT2D eigenvalue weighted by molar-refractivity contribution is 5.98. The van der Waals surface area contributed by atoms with Crippen molar-refractivity contribution in [2.45, 2.75) is 97.4 Å². The van der Waals surface area contributed by atoms with Crippen LogP contribution in [0.25, 0.3) is 0 Å². The van der Waals surface area contributed by atoms with Crippen LogP contribution in [0.1, 0.15) is 78.7 Å². The van der Waals surface area contributed by atoms with Crippen LogP contribution in [-0.2, 0) is 30.5 Å². The van der Waals surface area contributed by atoms with Gasteiger partial charge in [-0.15, -0.1) is 0 Å². The summed E-state index contributed by atoms with van der Waals surface area (Å²) in [5.74, 6) is -1.50. The van der Waals surface area contributed by atoms with Gasteiger partial charge in [0.25, 0.3) is 0 Å². The van der Waals surface area contributed by atoms with Crippen LogP contribution in [0.4, 0.5) is 20.1 Å². The van der Waals surface area contributed by atoms with E-state index in [2.05, 4.69) is 21.3 Å². The second kappa shape index (κ2) is 22.2. The van der Waals surface area contributed by atoms with E-state index in [1.165, 1.54) is 9.80 Å². The molecular formula is C34H58N8O8. The fourth-order valence-electron chi connectivity index (χ4n) is 4.43. The van der Waals surface area contributed by atoms with Crippen LogP contribution in [0.2, 0.25) is 0 Å². The fraction of sp³-hybridized carbons (Fsp3) is 0.647. The maximum atomic E-state index is 13.3. The molecule has 282 valence electrons. The summed E-state index contributed by atoms with van der Waals surface area (Å²) in [6.07, 6.45) is 2.00. The summed E-state index contributed by atoms with van der Waals surface area (Å²) in [5, 5.41) is 10.8. The van der Waals surface area contributed by atoms with Gasteiger partial charge in [0, 0.05) is 45.8 Å². The van der Waals surface area contributed by atoms with Crippen LogP contribution >= 0.6 is 0 Å². The number of anilines is 1. The molecule has 0 aliphatic rings. The lowest BCUT2D eigenvalue weighted by Crippen LogP contribution is -2.54. The zero-order valence-electron chi connectivity index (χ0n) is 30.6. The number of ether oxygens (including phenoxy) is 2. The molecule has 0 bridgehead atoms. The Morgan fingerprint density at radius 3 is 2.02 bits per heavy atom. The molecule has 1 aromatic carbocycles. The van der Waals surface area contributed by atoms with Crippen molar-refractivity contribution >= 4 is 41.6 Å². The molecule has 0 aliphatic heterocycles. The number of nitrogens with one attached hydrogen (secondary N) is 4. The normalized spacial score (nSPS) is 12.3. The molecule has 0 saturated carbocycles. The Hall–Kier alpha value is -4.60. The predicted octanol–water partition coefficient (Wildman–Crippen LogP) is 2.65. The van der Waals surface area contributed by atoms with Gasteiger partial charge in [-0.05, 0) is 76.6 Å². The number of unbranched alkanes of at least 4 members (excludes halogenated alkanes) is 2. The molecule has 0 unspecified atom stereocenters. The quantitative estimate of drug-likeness (QED) is 0.109. The van der Waals surface area contributed by atoms with Crippen LogP contribution in [0.5, 0.6) is 0 Å². The molecule has 7 amide bonds. The zero-order chi connectivity index (χ0) is 37.9. The molecule has 0 aromatic heterocycles. The molecule has 16 nitrogen and oxygen atoms in total. The van der Waals surface area contributed by atoms with E-state index >= 15 is 0 Å². The first-order valence-electron chi connectivity index (χ1n) is 17.0. The van der Waals surface area contributed by atoms with E-state index < -0.39 is 47.7 Å². The summed E-state index contributed by atoms with van der Waals surface area (Å²) in [7, 11) is 3.15. The van der Waals surface area contributed by atoms with Crippen molar-refractivity contribution in [1.29, 1.82) is 0 Å². The molecule has 0 radical (unpaired) electrons. The highest BCUT2D eigenvalue weighted by atomic mass is 16.6. The lowest BCUT2D eigenvalue weighted by Gasteiger charge is -2.26. The lowest BCUT2D eigenvalue weighted by atomic mass is 10.0. The van der Waals surface area contributed by atoms with Crippen LogP contribution < -0.4 is 32.7 Å². The first kappa shape index (κ1) is 43.4. The number of hydrogen-bond acceptors (Lipinski definition) is 9. The number of amides is 7. The van der Waals surface area contributed by atoms with E-state index in [0.29, 0.717) is 30.6 Å². The van der Waals surface area contributed by atoms with Gasteiger partial charge in [-0.2, -0.15) is 0 Å². The van der Waals surface area contributed by atoms with E-state index in [-0.39, 0.29) is 50.9 Å². The summed E-state index contributed by atoms with van der Waals surface area (Å²) in [5.41, 5.74) is 11.1. The number of carbonyl (C=O) groups is 6. The second-order valence-electron chi connectivity index (χ2n) is 13.4. The number of likely N-dealkylation sites (N-methyl/N-ethyl adjacent to an activating group) is 2. The summed E-state index contributed by atoms with van der Waals surface area (Å²) < 4.78 is 10.7. The minimum Gasteiger partial charge on any atom is -0.445 e. The predicted molar refractivity (Wildman–Crippen MR) is 190 cm³/mol. The van der Waals surface area contributed by atoms with Crippen molar-refractivity contribution in [2.24, 2.45) is 17.4 Å². The van der Waals surface area contributed by atoms with E-state index in [1.54, 1.807) is 73.0 Å². The van der Waals surface area contributed by atoms with E-state index in [1.807, 2.05) is 0 Å². The van der Waals surface area contributed by atoms with Crippen molar-refractivity contribution in [3.05, 3.63) is 29.8 Å². The average molecular weight is 707 g/mol. The van der Waals surface area contributed by atoms with Gasteiger partial charge in [0.05, 0.1) is 0 Å². The molecule has 1 rings (SSSR count). The fourth-order valence-corrected chi connectivity index (χ4v) is 4.43. The van der Waals surface area contributed by atoms with Gasteiger partial charge in [0.2, 0.25) is 17.7 Å². The second-order valence-corrected chi connectivity index (χ2v) is 13.4. The molecule has 0 spiro atoms. The number of rotatable bonds is 20. The van der Waals surface area contributed by atoms with Crippen molar-refractivity contribution in [3.8, 4) is 0 Å². The number of primary amides is 1. The molecular weight excluding hydrogens is 648 g/mol. The first-order valence-corrected chi connectivity index (χ1v) is 17.0. The summed E-state index contributed by atoms with van der Waals surface area (Å²) in [6.45, 7) is 10.1. The largest absolute Gasteiger partial charge is 0.445 e. The third kappa shape index (κ3) is 18.2. The molecule has 0 fully saturated rings. The topological polar surface area (TPSA) is 228 Å². The first-order chi connectivity index (χ1) is 23.4. The smallest absolute Gasteiger partial charge is 0.410 e. The molecule has 0 saturated heterocycles. The number of nitrogens with two attached hydrogens (primary N) is 2. The third-order valence-electron chi connectivity index (χ3n) is 7.35. The maximum absolute atomic E-state index is 13.3. The third-order valence-corrected chi connectivity index (χ3v) is 7.35. The Kier molecular flexibility index (Phi) is 19.3. The standard InChI is InChI=1S/C34H58N8O8/c1-23(2)28(40-27(43)13-9-8-10-18-35)30(45)39-26(12-11-19-37-31(36)46)29(44)38-25-16-14-24(15-17-25)22-49-32(47)41(6)20-21-42(7)33(48)50-34(3,4)5/h14-17,23,26,28H,8-13,18-22,35H2,1-7H3,(H,38,44)(H,39,45)(H,40,43)(H3,36,37,46)/t26-,28-/m1/s1. The van der Waals surface area contributed by atoms with Crippen molar-refractivity contribution in [2.75, 3.05) is 45.6 Å². The zero-order valence-corrected chi connectivity index (χ0v) is 30.6. The Labute approximate surface area is 295 Å². The van der Waals surface area contributed by atoms with Gasteiger partial charge in [0.1, 0.15) is 24.3 Å². The van der Waals surface area contributed by atoms with Crippen molar-refractivity contribution < 1.29 is 38.2 Å². The van der Waals surface area contributed by atoms with Crippen LogP contribution in [-0.4, -0.2) is 104 Å². The maximum Gasteiger partial charge on any atom is 0.410 e. The average Bonchev–Trinajstić information content (AvgIpc) is 3.03. The number of nitrogens with zero attached hydrogens (tertiary/aromatic N) is 2. The molecule has 0 heterocycles. The Balaban J connectivity index is 2.79. The van der Waals surface area contributed by atoms with Gasteiger partial charge in [-0.1, -0.05) is 32.4 Å². The van der Waals surface area contributed by atoms with Crippen LogP contribution in [0, 0.1) is 5.92 Å². The van der Waals surface area contributed by atoms with Gasteiger partial charge in [0.15, 0.2) is 0 Å². The molecule has 8 N–H and O–H groups in total. The molecule has 50 heavy (non-hydrogen) atoms. The summed E-state index contributed by atoms with van der Waals surface area (Å²) in [4.78, 5) is 77.6. The molecule has 2 atom stereocenters. The molecule has 0 aliphatic carbocycles. The number of hydrogen-bond donors (Lipinski definition) is 6. The van der Waals surface area contributed by atoms with E-state index in [9.17, 15) is 28.8 Å². The van der Waals surface area contributed by atoms with Gasteiger partial charge >= 0.3 is 18.2 Å². The van der Waals surface area contributed by atoms with E-state index in [4.69, 9.17) is 20.9 Å². The molecule has 16 heteroatoms. The minimum absolute atomic E-state index is 0.0276. The minimum atomic E-state index is -0.981. The summed E-state index contributed by atoms with van der Waals surface area (Å²) >= 11 is 0. The van der Waals surface area contributed by atoms with Crippen LogP contribution in [0.3, 0.4) is 0 Å². The lowest BCUT2D eigenvalue weighted by molar-refractivity contribution is -0.132. The van der Waals surface area contributed by atoms with Crippen molar-refractivity contribution in [3.63, 3.8) is 0 Å². The Bertz CT molecular complexity index is 1250. The summed E-state index contributed by atoms with van der Waals surface area (Å²) in [6, 6.07) is 4.09. The van der Waals surface area contributed by atoms with Gasteiger partial charge < -0.3 is 52.0 Å². The molecule has 1 aromatic rings. The Morgan fingerprint density at radius 2 is 1.46 bits per heavy atom. The van der Waals surface area contributed by atoms with Crippen molar-refractivity contribution in [1.82, 2.24) is 25.8 Å². The highest BCUT2D eigenvalue weighted by Gasteiger charge is 2.29. The van der Waals surface area contributed by atoms with Gasteiger partial charge in [-0.3, -0.25) is 14.4 Å². The highest BCUT2D eigenvalue weighted by Crippen LogP contribution is 2.14. The van der Waals surface area contributed by atoms with E-state index in [0.717, 1.165) is 12.8 Å². The Morgan fingerprint density at radius 1 is 0.840 bits per heavy atom. The number of benzene rings is 1. The SMILES string of the molecule is CC(C)[C@@H](NC(=O)CCCCCN)C(=O)N[C@H](CCCNC(N)=O)C(=O)Nc1ccc(COC(=O)N(C)CCN(C)C(=O)OC(C)(C)C)cc1. The monoisotopic (exact) mass is 706 g/mol. The number of carbonyl (C=O) groups excluding carboxylic acids is 6. The van der Waals surface area contributed by atoms with Crippen LogP contribution in [0.15, 0.2) is 24.3 Å². The number of urea groups is 1.